The maximum atomic E-state index is 13.2. The van der Waals surface area contributed by atoms with Gasteiger partial charge in [0.15, 0.2) is 5.69 Å². The second-order valence-corrected chi connectivity index (χ2v) is 9.49. The van der Waals surface area contributed by atoms with Gasteiger partial charge in [0.2, 0.25) is 0 Å². The molecule has 4 rings (SSSR count). The van der Waals surface area contributed by atoms with Crippen molar-refractivity contribution in [2.45, 2.75) is 57.9 Å². The first-order chi connectivity index (χ1) is 17.6. The quantitative estimate of drug-likeness (QED) is 0.402. The van der Waals surface area contributed by atoms with Gasteiger partial charge < -0.3 is 19.9 Å². The van der Waals surface area contributed by atoms with Crippen LogP contribution in [0.2, 0.25) is 0 Å². The smallest absolute Gasteiger partial charge is 0.276 e. The van der Waals surface area contributed by atoms with Gasteiger partial charge in [0, 0.05) is 31.2 Å². The number of rotatable bonds is 10. The largest absolute Gasteiger partial charge is 0.491 e. The van der Waals surface area contributed by atoms with Crippen molar-refractivity contribution >= 4 is 11.8 Å². The number of nitrogens with one attached hydrogen (secondary N) is 1. The molecule has 0 bridgehead atoms. The lowest BCUT2D eigenvalue weighted by Crippen LogP contribution is -2.48. The van der Waals surface area contributed by atoms with Crippen LogP contribution >= 0.6 is 0 Å². The third-order valence-electron chi connectivity index (χ3n) is 6.99. The minimum atomic E-state index is -0.164. The lowest BCUT2D eigenvalue weighted by atomic mass is 10.00. The Morgan fingerprint density at radius 2 is 1.94 bits per heavy atom. The zero-order chi connectivity index (χ0) is 25.3. The molecule has 0 saturated carbocycles. The van der Waals surface area contributed by atoms with Crippen molar-refractivity contribution in [1.29, 1.82) is 0 Å². The molecule has 9 nitrogen and oxygen atoms in total. The number of carbonyl (C=O) groups is 2. The maximum absolute atomic E-state index is 13.2. The molecule has 1 aromatic carbocycles. The lowest BCUT2D eigenvalue weighted by molar-refractivity contribution is 0.0584. The highest BCUT2D eigenvalue weighted by Gasteiger charge is 2.29. The van der Waals surface area contributed by atoms with Crippen LogP contribution < -0.4 is 10.1 Å². The van der Waals surface area contributed by atoms with Crippen molar-refractivity contribution in [1.82, 2.24) is 30.1 Å². The Balaban J connectivity index is 1.45. The molecule has 2 saturated heterocycles. The fraction of sp³-hybridized carbons (Fsp3) is 0.556. The van der Waals surface area contributed by atoms with Crippen molar-refractivity contribution in [3.63, 3.8) is 0 Å². The molecule has 0 aliphatic carbocycles. The van der Waals surface area contributed by atoms with Crippen LogP contribution in [-0.2, 0) is 0 Å². The van der Waals surface area contributed by atoms with Crippen molar-refractivity contribution in [2.75, 3.05) is 39.3 Å². The molecular weight excluding hydrogens is 456 g/mol. The fourth-order valence-corrected chi connectivity index (χ4v) is 4.99. The van der Waals surface area contributed by atoms with E-state index in [0.29, 0.717) is 41.9 Å². The van der Waals surface area contributed by atoms with E-state index < -0.39 is 0 Å². The molecule has 36 heavy (non-hydrogen) atoms. The molecule has 1 N–H and O–H groups in total. The summed E-state index contributed by atoms with van der Waals surface area (Å²) in [6.45, 7) is 10.5. The topological polar surface area (TPSA) is 92.6 Å². The Hall–Kier alpha value is -3.20. The Morgan fingerprint density at radius 1 is 1.17 bits per heavy atom. The van der Waals surface area contributed by atoms with Gasteiger partial charge in [-0.1, -0.05) is 17.7 Å². The standard InChI is InChI=1S/C27H38N6O3/c1-3-5-9-18-36-25-19-21(26(34)28-4-2)10-11-24(25)33-20-23(29-30-33)27(35)32-16-12-22(13-17-32)31-14-7-6-8-15-31/h3,10-11,19-20,22H,1,4-9,12-18H2,2H3,(H,28,34). The van der Waals surface area contributed by atoms with Gasteiger partial charge in [-0.3, -0.25) is 9.59 Å². The number of aromatic nitrogens is 3. The summed E-state index contributed by atoms with van der Waals surface area (Å²) in [7, 11) is 0. The van der Waals surface area contributed by atoms with Gasteiger partial charge in [-0.05, 0) is 76.7 Å². The van der Waals surface area contributed by atoms with Crippen molar-refractivity contribution in [2.24, 2.45) is 0 Å². The van der Waals surface area contributed by atoms with Crippen LogP contribution in [0.1, 0.15) is 72.7 Å². The number of ether oxygens (including phenoxy) is 1. The van der Waals surface area contributed by atoms with Crippen LogP contribution in [0.5, 0.6) is 5.75 Å². The van der Waals surface area contributed by atoms with E-state index in [1.165, 1.54) is 32.4 Å². The highest BCUT2D eigenvalue weighted by atomic mass is 16.5. The summed E-state index contributed by atoms with van der Waals surface area (Å²) in [4.78, 5) is 30.0. The normalized spacial score (nSPS) is 17.1. The summed E-state index contributed by atoms with van der Waals surface area (Å²) in [5.74, 6) is 0.266. The van der Waals surface area contributed by atoms with Crippen molar-refractivity contribution < 1.29 is 14.3 Å². The first-order valence-electron chi connectivity index (χ1n) is 13.2. The molecule has 2 amide bonds. The van der Waals surface area contributed by atoms with Gasteiger partial charge >= 0.3 is 0 Å². The number of hydrogen-bond donors (Lipinski definition) is 1. The first kappa shape index (κ1) is 25.9. The summed E-state index contributed by atoms with van der Waals surface area (Å²) in [5.41, 5.74) is 1.46. The van der Waals surface area contributed by atoms with Gasteiger partial charge in [0.05, 0.1) is 12.8 Å². The predicted octanol–water partition coefficient (Wildman–Crippen LogP) is 3.45. The average molecular weight is 495 g/mol. The van der Waals surface area contributed by atoms with Gasteiger partial charge in [-0.15, -0.1) is 11.7 Å². The number of nitrogens with zero attached hydrogens (tertiary/aromatic N) is 5. The average Bonchev–Trinajstić information content (AvgIpc) is 3.41. The van der Waals surface area contributed by atoms with E-state index in [9.17, 15) is 9.59 Å². The van der Waals surface area contributed by atoms with Crippen molar-refractivity contribution in [3.05, 3.63) is 48.3 Å². The van der Waals surface area contributed by atoms with E-state index in [-0.39, 0.29) is 11.8 Å². The lowest BCUT2D eigenvalue weighted by Gasteiger charge is -2.40. The molecule has 2 aliphatic rings. The van der Waals surface area contributed by atoms with E-state index in [2.05, 4.69) is 27.1 Å². The van der Waals surface area contributed by atoms with Crippen LogP contribution in [0.4, 0.5) is 0 Å². The molecule has 2 aliphatic heterocycles. The molecule has 0 spiro atoms. The predicted molar refractivity (Wildman–Crippen MR) is 139 cm³/mol. The molecule has 3 heterocycles. The second kappa shape index (κ2) is 12.7. The van der Waals surface area contributed by atoms with E-state index in [1.807, 2.05) is 17.9 Å². The Labute approximate surface area is 213 Å². The molecular formula is C27H38N6O3. The number of unbranched alkanes of at least 4 members (excludes halogenated alkanes) is 1. The monoisotopic (exact) mass is 494 g/mol. The van der Waals surface area contributed by atoms with Crippen LogP contribution in [0.15, 0.2) is 37.1 Å². The molecule has 0 atom stereocenters. The molecule has 1 aromatic heterocycles. The minimum Gasteiger partial charge on any atom is -0.491 e. The van der Waals surface area contributed by atoms with E-state index in [4.69, 9.17) is 4.74 Å². The van der Waals surface area contributed by atoms with Gasteiger partial charge in [-0.25, -0.2) is 4.68 Å². The number of likely N-dealkylation sites (tertiary alicyclic amines) is 2. The summed E-state index contributed by atoms with van der Waals surface area (Å²) in [6, 6.07) is 5.79. The molecule has 0 radical (unpaired) electrons. The molecule has 2 aromatic rings. The van der Waals surface area contributed by atoms with Gasteiger partial charge in [0.1, 0.15) is 11.4 Å². The fourth-order valence-electron chi connectivity index (χ4n) is 4.99. The van der Waals surface area contributed by atoms with Crippen LogP contribution in [-0.4, -0.2) is 82.0 Å². The van der Waals surface area contributed by atoms with E-state index in [1.54, 1.807) is 29.1 Å². The van der Waals surface area contributed by atoms with Crippen LogP contribution in [0.3, 0.4) is 0 Å². The first-order valence-corrected chi connectivity index (χ1v) is 13.2. The van der Waals surface area contributed by atoms with E-state index >= 15 is 0 Å². The zero-order valence-corrected chi connectivity index (χ0v) is 21.3. The molecule has 0 unspecified atom stereocenters. The zero-order valence-electron chi connectivity index (χ0n) is 21.3. The third kappa shape index (κ3) is 6.32. The summed E-state index contributed by atoms with van der Waals surface area (Å²) >= 11 is 0. The Morgan fingerprint density at radius 3 is 2.67 bits per heavy atom. The van der Waals surface area contributed by atoms with Gasteiger partial charge in [-0.2, -0.15) is 0 Å². The number of allylic oxidation sites excluding steroid dienone is 1. The summed E-state index contributed by atoms with van der Waals surface area (Å²) < 4.78 is 7.56. The highest BCUT2D eigenvalue weighted by molar-refractivity contribution is 5.95. The van der Waals surface area contributed by atoms with Crippen LogP contribution in [0, 0.1) is 0 Å². The number of amides is 2. The van der Waals surface area contributed by atoms with Gasteiger partial charge in [0.25, 0.3) is 11.8 Å². The van der Waals surface area contributed by atoms with E-state index in [0.717, 1.165) is 38.8 Å². The second-order valence-electron chi connectivity index (χ2n) is 9.49. The SMILES string of the molecule is C=CCCCOc1cc(C(=O)NCC)ccc1-n1cc(C(=O)N2CCC(N3CCCCC3)CC2)nn1. The van der Waals surface area contributed by atoms with Crippen molar-refractivity contribution in [3.8, 4) is 11.4 Å². The molecule has 194 valence electrons. The number of hydrogen-bond acceptors (Lipinski definition) is 6. The Kier molecular flexibility index (Phi) is 9.11. The highest BCUT2D eigenvalue weighted by Crippen LogP contribution is 2.26. The van der Waals surface area contributed by atoms with Crippen LogP contribution in [0.25, 0.3) is 5.69 Å². The summed E-state index contributed by atoms with van der Waals surface area (Å²) in [5, 5.41) is 11.2. The maximum Gasteiger partial charge on any atom is 0.276 e. The number of benzene rings is 1. The number of piperidine rings is 2. The molecule has 2 fully saturated rings. The minimum absolute atomic E-state index is 0.0919. The Bertz CT molecular complexity index is 1040. The third-order valence-corrected chi connectivity index (χ3v) is 6.99. The molecule has 9 heteroatoms. The number of carbonyl (C=O) groups excluding carboxylic acids is 2. The summed E-state index contributed by atoms with van der Waals surface area (Å²) in [6.07, 6.45) is 11.0.